The zero-order valence-corrected chi connectivity index (χ0v) is 10.7. The summed E-state index contributed by atoms with van der Waals surface area (Å²) < 4.78 is 13.1. The normalized spacial score (nSPS) is 14.4. The lowest BCUT2D eigenvalue weighted by Crippen LogP contribution is -2.32. The fraction of sp³-hybridized carbons (Fsp3) is 0.231. The molecule has 1 aromatic rings. The van der Waals surface area contributed by atoms with Crippen molar-refractivity contribution in [3.63, 3.8) is 0 Å². The van der Waals surface area contributed by atoms with Crippen LogP contribution < -0.4 is 5.32 Å². The maximum absolute atomic E-state index is 13.1. The molecule has 1 heterocycles. The van der Waals surface area contributed by atoms with Crippen LogP contribution in [0.4, 0.5) is 4.39 Å². The van der Waals surface area contributed by atoms with Crippen LogP contribution in [0.3, 0.4) is 0 Å². The van der Waals surface area contributed by atoms with E-state index in [1.807, 2.05) is 0 Å². The molecule has 0 fully saturated rings. The number of rotatable bonds is 4. The average Bonchev–Trinajstić information content (AvgIpc) is 2.76. The van der Waals surface area contributed by atoms with E-state index in [2.05, 4.69) is 5.32 Å². The second-order valence-electron chi connectivity index (χ2n) is 4.16. The third-order valence-electron chi connectivity index (χ3n) is 2.85. The van der Waals surface area contributed by atoms with Gasteiger partial charge in [-0.2, -0.15) is 0 Å². The number of aliphatic hydroxyl groups excluding tert-OH is 1. The first kappa shape index (κ1) is 14.0. The number of aliphatic hydroxyl groups is 1. The molecule has 1 aliphatic heterocycles. The number of nitrogens with one attached hydrogen (secondary N) is 1. The molecule has 6 nitrogen and oxygen atoms in total. The smallest absolute Gasteiger partial charge is 0.286 e. The Hall–Kier alpha value is -2.41. The van der Waals surface area contributed by atoms with Crippen molar-refractivity contribution in [3.8, 4) is 0 Å². The molecular weight excluding hydrogens is 267 g/mol. The number of hydroxylamine groups is 2. The SMILES string of the molecule is CON(Cc1cccc(F)c1)C(=O)C1=C(O)C(=O)NC1. The van der Waals surface area contributed by atoms with Gasteiger partial charge in [0.05, 0.1) is 25.8 Å². The van der Waals surface area contributed by atoms with Crippen LogP contribution in [0.15, 0.2) is 35.6 Å². The summed E-state index contributed by atoms with van der Waals surface area (Å²) in [4.78, 5) is 28.2. The summed E-state index contributed by atoms with van der Waals surface area (Å²) in [6, 6.07) is 5.71. The molecule has 0 saturated heterocycles. The first-order valence-electron chi connectivity index (χ1n) is 5.83. The molecule has 0 saturated carbocycles. The fourth-order valence-corrected chi connectivity index (χ4v) is 1.82. The van der Waals surface area contributed by atoms with Crippen molar-refractivity contribution in [1.29, 1.82) is 0 Å². The molecule has 2 rings (SSSR count). The largest absolute Gasteiger partial charge is 0.503 e. The molecule has 0 atom stereocenters. The van der Waals surface area contributed by atoms with Gasteiger partial charge in [-0.05, 0) is 17.7 Å². The van der Waals surface area contributed by atoms with Gasteiger partial charge >= 0.3 is 0 Å². The summed E-state index contributed by atoms with van der Waals surface area (Å²) in [7, 11) is 1.28. The Morgan fingerprint density at radius 1 is 1.55 bits per heavy atom. The summed E-state index contributed by atoms with van der Waals surface area (Å²) in [6.07, 6.45) is 0. The molecule has 0 spiro atoms. The van der Waals surface area contributed by atoms with Crippen molar-refractivity contribution in [2.75, 3.05) is 13.7 Å². The Morgan fingerprint density at radius 2 is 2.30 bits per heavy atom. The highest BCUT2D eigenvalue weighted by molar-refractivity contribution is 6.06. The topological polar surface area (TPSA) is 78.9 Å². The van der Waals surface area contributed by atoms with E-state index >= 15 is 0 Å². The Labute approximate surface area is 114 Å². The zero-order valence-electron chi connectivity index (χ0n) is 10.7. The molecular formula is C13H13FN2O4. The van der Waals surface area contributed by atoms with Crippen molar-refractivity contribution in [1.82, 2.24) is 10.4 Å². The molecule has 0 aliphatic carbocycles. The Balaban J connectivity index is 2.17. The summed E-state index contributed by atoms with van der Waals surface area (Å²) in [5.74, 6) is -2.38. The summed E-state index contributed by atoms with van der Waals surface area (Å²) >= 11 is 0. The summed E-state index contributed by atoms with van der Waals surface area (Å²) in [5, 5.41) is 12.8. The van der Waals surface area contributed by atoms with E-state index in [0.29, 0.717) is 5.56 Å². The van der Waals surface area contributed by atoms with Crippen LogP contribution in [0.5, 0.6) is 0 Å². The Kier molecular flexibility index (Phi) is 3.99. The monoisotopic (exact) mass is 280 g/mol. The molecule has 0 aromatic heterocycles. The van der Waals surface area contributed by atoms with Crippen LogP contribution >= 0.6 is 0 Å². The summed E-state index contributed by atoms with van der Waals surface area (Å²) in [6.45, 7) is -0.0649. The van der Waals surface area contributed by atoms with Gasteiger partial charge < -0.3 is 10.4 Å². The van der Waals surface area contributed by atoms with E-state index in [4.69, 9.17) is 4.84 Å². The van der Waals surface area contributed by atoms with Crippen molar-refractivity contribution in [2.24, 2.45) is 0 Å². The van der Waals surface area contributed by atoms with Crippen molar-refractivity contribution < 1.29 is 23.9 Å². The van der Waals surface area contributed by atoms with Gasteiger partial charge in [-0.3, -0.25) is 14.4 Å². The minimum atomic E-state index is -0.699. The molecule has 0 unspecified atom stereocenters. The second kappa shape index (κ2) is 5.70. The van der Waals surface area contributed by atoms with Crippen molar-refractivity contribution >= 4 is 11.8 Å². The number of amides is 2. The number of hydrogen-bond donors (Lipinski definition) is 2. The lowest BCUT2D eigenvalue weighted by Gasteiger charge is -2.20. The van der Waals surface area contributed by atoms with E-state index in [9.17, 15) is 19.1 Å². The van der Waals surface area contributed by atoms with Crippen molar-refractivity contribution in [2.45, 2.75) is 6.54 Å². The lowest BCUT2D eigenvalue weighted by atomic mass is 10.2. The van der Waals surface area contributed by atoms with Gasteiger partial charge in [0.2, 0.25) is 0 Å². The van der Waals surface area contributed by atoms with Crippen LogP contribution in [0, 0.1) is 5.82 Å². The van der Waals surface area contributed by atoms with Crippen LogP contribution in [0.25, 0.3) is 0 Å². The minimum absolute atomic E-state index is 0.00192. The van der Waals surface area contributed by atoms with Crippen LogP contribution in [0.2, 0.25) is 0 Å². The average molecular weight is 280 g/mol. The van der Waals surface area contributed by atoms with Crippen LogP contribution in [0.1, 0.15) is 5.56 Å². The predicted molar refractivity (Wildman–Crippen MR) is 66.6 cm³/mol. The molecule has 2 N–H and O–H groups in total. The fourth-order valence-electron chi connectivity index (χ4n) is 1.82. The highest BCUT2D eigenvalue weighted by atomic mass is 19.1. The number of benzene rings is 1. The number of halogens is 1. The third kappa shape index (κ3) is 2.77. The molecule has 2 amide bonds. The molecule has 106 valence electrons. The molecule has 0 bridgehead atoms. The number of carbonyl (C=O) groups excluding carboxylic acids is 2. The maximum atomic E-state index is 13.1. The van der Waals surface area contributed by atoms with Gasteiger partial charge in [-0.15, -0.1) is 0 Å². The molecule has 1 aliphatic rings. The van der Waals surface area contributed by atoms with Gasteiger partial charge in [0.25, 0.3) is 11.8 Å². The molecule has 20 heavy (non-hydrogen) atoms. The van der Waals surface area contributed by atoms with Gasteiger partial charge in [-0.1, -0.05) is 12.1 Å². The molecule has 1 aromatic carbocycles. The van der Waals surface area contributed by atoms with Gasteiger partial charge in [0, 0.05) is 0 Å². The Bertz CT molecular complexity index is 585. The first-order chi connectivity index (χ1) is 9.52. The van der Waals surface area contributed by atoms with Crippen LogP contribution in [-0.4, -0.2) is 35.6 Å². The number of carbonyl (C=O) groups is 2. The van der Waals surface area contributed by atoms with Gasteiger partial charge in [0.1, 0.15) is 5.82 Å². The van der Waals surface area contributed by atoms with E-state index in [-0.39, 0.29) is 18.7 Å². The van der Waals surface area contributed by atoms with E-state index in [1.165, 1.54) is 25.3 Å². The van der Waals surface area contributed by atoms with Gasteiger partial charge in [-0.25, -0.2) is 9.45 Å². The molecule has 7 heteroatoms. The van der Waals surface area contributed by atoms with E-state index in [1.54, 1.807) is 6.07 Å². The minimum Gasteiger partial charge on any atom is -0.503 e. The highest BCUT2D eigenvalue weighted by Crippen LogP contribution is 2.15. The van der Waals surface area contributed by atoms with E-state index < -0.39 is 23.4 Å². The zero-order chi connectivity index (χ0) is 14.7. The van der Waals surface area contributed by atoms with Crippen LogP contribution in [-0.2, 0) is 21.0 Å². The third-order valence-corrected chi connectivity index (χ3v) is 2.85. The summed E-state index contributed by atoms with van der Waals surface area (Å²) in [5.41, 5.74) is 0.450. The quantitative estimate of drug-likeness (QED) is 0.794. The van der Waals surface area contributed by atoms with E-state index in [0.717, 1.165) is 5.06 Å². The number of nitrogens with zero attached hydrogens (tertiary/aromatic N) is 1. The highest BCUT2D eigenvalue weighted by Gasteiger charge is 2.30. The first-order valence-corrected chi connectivity index (χ1v) is 5.83. The maximum Gasteiger partial charge on any atom is 0.286 e. The molecule has 0 radical (unpaired) electrons. The lowest BCUT2D eigenvalue weighted by molar-refractivity contribution is -0.174. The second-order valence-corrected chi connectivity index (χ2v) is 4.16. The Morgan fingerprint density at radius 3 is 2.85 bits per heavy atom. The number of hydrogen-bond acceptors (Lipinski definition) is 4. The van der Waals surface area contributed by atoms with Gasteiger partial charge in [0.15, 0.2) is 5.76 Å². The van der Waals surface area contributed by atoms with Crippen molar-refractivity contribution in [3.05, 3.63) is 47.0 Å². The standard InChI is InChI=1S/C13H13FN2O4/c1-20-16(7-8-3-2-4-9(14)5-8)13(19)10-6-15-12(18)11(10)17/h2-5,17H,6-7H2,1H3,(H,15,18). The predicted octanol–water partition coefficient (Wildman–Crippen LogP) is 0.658.